The Morgan fingerprint density at radius 3 is 2.77 bits per heavy atom. The molecule has 1 saturated carbocycles. The minimum atomic E-state index is -4.52. The molecule has 0 saturated heterocycles. The molecule has 10 heteroatoms. The first-order valence-corrected chi connectivity index (χ1v) is 9.85. The van der Waals surface area contributed by atoms with E-state index in [4.69, 9.17) is 15.2 Å². The Kier molecular flexibility index (Phi) is 5.81. The van der Waals surface area contributed by atoms with Gasteiger partial charge in [0.25, 0.3) is 5.91 Å². The number of benzene rings is 1. The molecule has 7 nitrogen and oxygen atoms in total. The van der Waals surface area contributed by atoms with E-state index in [1.807, 2.05) is 6.08 Å². The van der Waals surface area contributed by atoms with E-state index >= 15 is 0 Å². The Balaban J connectivity index is 1.72. The number of primary amides is 1. The van der Waals surface area contributed by atoms with Gasteiger partial charge in [0.2, 0.25) is 0 Å². The van der Waals surface area contributed by atoms with Crippen LogP contribution in [0.5, 0.6) is 5.75 Å². The van der Waals surface area contributed by atoms with E-state index in [1.165, 1.54) is 0 Å². The summed E-state index contributed by atoms with van der Waals surface area (Å²) in [5.74, 6) is -0.448. The molecule has 2 aromatic rings. The average Bonchev–Trinajstić information content (AvgIpc) is 3.58. The fourth-order valence-electron chi connectivity index (χ4n) is 3.34. The van der Waals surface area contributed by atoms with Gasteiger partial charge >= 0.3 is 6.18 Å². The second kappa shape index (κ2) is 8.54. The van der Waals surface area contributed by atoms with Crippen molar-refractivity contribution in [1.29, 1.82) is 0 Å². The van der Waals surface area contributed by atoms with Crippen LogP contribution in [0.3, 0.4) is 0 Å². The summed E-state index contributed by atoms with van der Waals surface area (Å²) in [7, 11) is 0. The highest BCUT2D eigenvalue weighted by atomic mass is 19.4. The highest BCUT2D eigenvalue weighted by molar-refractivity contribution is 5.96. The first kappa shape index (κ1) is 21.1. The third-order valence-electron chi connectivity index (χ3n) is 4.98. The molecule has 164 valence electrons. The second-order valence-electron chi connectivity index (χ2n) is 7.40. The van der Waals surface area contributed by atoms with Crippen molar-refractivity contribution in [2.24, 2.45) is 5.73 Å². The number of para-hydroxylation sites is 1. The van der Waals surface area contributed by atoms with Crippen LogP contribution in [0.25, 0.3) is 5.57 Å². The van der Waals surface area contributed by atoms with Crippen molar-refractivity contribution in [1.82, 2.24) is 9.97 Å². The molecule has 1 aliphatic carbocycles. The maximum Gasteiger partial charge on any atom is 0.422 e. The molecule has 1 fully saturated rings. The van der Waals surface area contributed by atoms with E-state index in [-0.39, 0.29) is 28.9 Å². The number of hydrogen-bond acceptors (Lipinski definition) is 6. The van der Waals surface area contributed by atoms with Crippen LogP contribution in [0.4, 0.5) is 24.7 Å². The third-order valence-corrected chi connectivity index (χ3v) is 4.98. The van der Waals surface area contributed by atoms with E-state index in [0.717, 1.165) is 18.4 Å². The van der Waals surface area contributed by atoms with Crippen LogP contribution in [-0.2, 0) is 4.74 Å². The van der Waals surface area contributed by atoms with Crippen molar-refractivity contribution in [2.75, 3.05) is 25.1 Å². The van der Waals surface area contributed by atoms with Gasteiger partial charge in [-0.15, -0.1) is 0 Å². The number of aromatic nitrogens is 2. The lowest BCUT2D eigenvalue weighted by molar-refractivity contribution is -0.153. The van der Waals surface area contributed by atoms with Gasteiger partial charge < -0.3 is 20.5 Å². The summed E-state index contributed by atoms with van der Waals surface area (Å²) in [6.45, 7) is -0.634. The predicted molar refractivity (Wildman–Crippen MR) is 107 cm³/mol. The molecule has 0 bridgehead atoms. The van der Waals surface area contributed by atoms with Crippen molar-refractivity contribution >= 4 is 23.0 Å². The number of ether oxygens (including phenoxy) is 2. The molecule has 1 aromatic heterocycles. The quantitative estimate of drug-likeness (QED) is 0.685. The van der Waals surface area contributed by atoms with Crippen molar-refractivity contribution in [3.8, 4) is 5.75 Å². The van der Waals surface area contributed by atoms with Crippen LogP contribution in [-0.4, -0.2) is 41.9 Å². The Hall–Kier alpha value is -3.14. The topological polar surface area (TPSA) is 99.4 Å². The molecular weight excluding hydrogens is 413 g/mol. The molecule has 0 unspecified atom stereocenters. The Morgan fingerprint density at radius 2 is 2.13 bits per heavy atom. The zero-order valence-electron chi connectivity index (χ0n) is 16.5. The van der Waals surface area contributed by atoms with E-state index < -0.39 is 18.7 Å². The van der Waals surface area contributed by atoms with Crippen LogP contribution < -0.4 is 15.8 Å². The van der Waals surface area contributed by atoms with Crippen LogP contribution in [0.15, 0.2) is 30.5 Å². The summed E-state index contributed by atoms with van der Waals surface area (Å²) < 4.78 is 49.2. The summed E-state index contributed by atoms with van der Waals surface area (Å²) in [5, 5.41) is 2.90. The van der Waals surface area contributed by atoms with Gasteiger partial charge in [-0.3, -0.25) is 4.79 Å². The number of amides is 1. The van der Waals surface area contributed by atoms with Gasteiger partial charge in [0.15, 0.2) is 23.9 Å². The van der Waals surface area contributed by atoms with Crippen LogP contribution >= 0.6 is 0 Å². The zero-order valence-corrected chi connectivity index (χ0v) is 16.5. The number of carbonyl (C=O) groups excluding carboxylic acids is 1. The molecule has 1 amide bonds. The van der Waals surface area contributed by atoms with Crippen LogP contribution in [0.2, 0.25) is 0 Å². The maximum absolute atomic E-state index is 12.9. The minimum absolute atomic E-state index is 0.0106. The molecule has 4 rings (SSSR count). The second-order valence-corrected chi connectivity index (χ2v) is 7.40. The van der Waals surface area contributed by atoms with E-state index in [2.05, 4.69) is 15.3 Å². The zero-order chi connectivity index (χ0) is 22.0. The Labute approximate surface area is 176 Å². The van der Waals surface area contributed by atoms with E-state index in [0.29, 0.717) is 30.9 Å². The molecule has 31 heavy (non-hydrogen) atoms. The molecule has 3 N–H and O–H groups in total. The third kappa shape index (κ3) is 5.13. The maximum atomic E-state index is 12.9. The largest absolute Gasteiger partial charge is 0.481 e. The molecule has 0 radical (unpaired) electrons. The average molecular weight is 434 g/mol. The lowest BCUT2D eigenvalue weighted by Gasteiger charge is -2.21. The Bertz CT molecular complexity index is 1020. The number of anilines is 2. The van der Waals surface area contributed by atoms with Gasteiger partial charge in [-0.2, -0.15) is 13.2 Å². The fourth-order valence-corrected chi connectivity index (χ4v) is 3.34. The highest BCUT2D eigenvalue weighted by Gasteiger charge is 2.30. The van der Waals surface area contributed by atoms with Gasteiger partial charge in [-0.25, -0.2) is 9.97 Å². The number of alkyl halides is 3. The van der Waals surface area contributed by atoms with Crippen molar-refractivity contribution < 1.29 is 27.4 Å². The van der Waals surface area contributed by atoms with Crippen LogP contribution in [0, 0.1) is 0 Å². The number of nitrogens with one attached hydrogen (secondary N) is 1. The van der Waals surface area contributed by atoms with E-state index in [1.54, 1.807) is 24.4 Å². The fraction of sp³-hybridized carbons (Fsp3) is 0.381. The number of nitrogens with two attached hydrogens (primary N) is 1. The molecule has 0 atom stereocenters. The number of rotatable bonds is 7. The van der Waals surface area contributed by atoms with Gasteiger partial charge in [-0.1, -0.05) is 18.2 Å². The first-order valence-electron chi connectivity index (χ1n) is 9.85. The summed E-state index contributed by atoms with van der Waals surface area (Å²) in [4.78, 5) is 20.5. The smallest absolute Gasteiger partial charge is 0.422 e. The van der Waals surface area contributed by atoms with Gasteiger partial charge in [0, 0.05) is 11.5 Å². The van der Waals surface area contributed by atoms with Gasteiger partial charge in [-0.05, 0) is 30.9 Å². The minimum Gasteiger partial charge on any atom is -0.481 e. The number of carbonyl (C=O) groups is 1. The van der Waals surface area contributed by atoms with Crippen molar-refractivity contribution in [3.05, 3.63) is 47.4 Å². The molecule has 2 heterocycles. The Morgan fingerprint density at radius 1 is 1.32 bits per heavy atom. The normalized spacial score (nSPS) is 16.5. The SMILES string of the molecule is NC(=O)c1nc(C2CC2)cnc1Nc1cccc(C2=CCOCC2)c1OCC(F)(F)F. The van der Waals surface area contributed by atoms with Crippen LogP contribution in [0.1, 0.15) is 46.9 Å². The predicted octanol–water partition coefficient (Wildman–Crippen LogP) is 3.94. The monoisotopic (exact) mass is 434 g/mol. The molecule has 0 spiro atoms. The highest BCUT2D eigenvalue weighted by Crippen LogP contribution is 2.40. The summed E-state index contributed by atoms with van der Waals surface area (Å²) in [5.41, 5.74) is 7.64. The number of hydrogen-bond donors (Lipinski definition) is 2. The standard InChI is InChI=1S/C21H21F3N4O3/c22-21(23,24)11-31-18-14(12-6-8-30-9-7-12)2-1-3-15(18)28-20-17(19(25)29)27-16(10-26-20)13-4-5-13/h1-3,6,10,13H,4-5,7-9,11H2,(H2,25,29)(H,26,28). The summed E-state index contributed by atoms with van der Waals surface area (Å²) in [6.07, 6.45) is 1.31. The van der Waals surface area contributed by atoms with Crippen molar-refractivity contribution in [2.45, 2.75) is 31.4 Å². The van der Waals surface area contributed by atoms with E-state index in [9.17, 15) is 18.0 Å². The lowest BCUT2D eigenvalue weighted by Crippen LogP contribution is -2.21. The van der Waals surface area contributed by atoms with Crippen molar-refractivity contribution in [3.63, 3.8) is 0 Å². The van der Waals surface area contributed by atoms with Gasteiger partial charge in [0.05, 0.1) is 30.8 Å². The molecule has 2 aliphatic rings. The summed E-state index contributed by atoms with van der Waals surface area (Å²) >= 11 is 0. The molecule has 1 aromatic carbocycles. The lowest BCUT2D eigenvalue weighted by atomic mass is 9.99. The molecule has 1 aliphatic heterocycles. The molecular formula is C21H21F3N4O3. The number of nitrogens with zero attached hydrogens (tertiary/aromatic N) is 2. The summed E-state index contributed by atoms with van der Waals surface area (Å²) in [6, 6.07) is 4.92. The number of halogens is 3. The van der Waals surface area contributed by atoms with Gasteiger partial charge in [0.1, 0.15) is 0 Å². The first-order chi connectivity index (χ1) is 14.8.